The van der Waals surface area contributed by atoms with Crippen LogP contribution in [0.4, 0.5) is 4.79 Å². The molecular formula is C30H34N4O5. The van der Waals surface area contributed by atoms with Gasteiger partial charge in [-0.25, -0.2) is 4.79 Å². The van der Waals surface area contributed by atoms with Crippen molar-refractivity contribution >= 4 is 28.6 Å². The molecule has 39 heavy (non-hydrogen) atoms. The van der Waals surface area contributed by atoms with Crippen molar-refractivity contribution < 1.29 is 23.9 Å². The molecule has 0 aliphatic carbocycles. The summed E-state index contributed by atoms with van der Waals surface area (Å²) in [6.45, 7) is 8.02. The lowest BCUT2D eigenvalue weighted by molar-refractivity contribution is -0.132. The molecule has 2 bridgehead atoms. The van der Waals surface area contributed by atoms with Crippen LogP contribution in [0.15, 0.2) is 42.5 Å². The van der Waals surface area contributed by atoms with E-state index in [1.54, 1.807) is 11.9 Å². The quantitative estimate of drug-likeness (QED) is 0.415. The SMILES string of the molecule is CCC(=O)c1ccc(Cn2c3c(c4cc(OCCN5CCOCC5)ccc42)C2CN(C3)C(=O)N(C)C2=O)cc1. The number of urea groups is 1. The number of rotatable bonds is 8. The van der Waals surface area contributed by atoms with Crippen molar-refractivity contribution in [2.75, 3.05) is 53.0 Å². The number of ether oxygens (including phenoxy) is 2. The highest BCUT2D eigenvalue weighted by Crippen LogP contribution is 2.41. The molecule has 0 spiro atoms. The van der Waals surface area contributed by atoms with Crippen LogP contribution in [0, 0.1) is 0 Å². The average molecular weight is 531 g/mol. The Balaban J connectivity index is 1.35. The maximum absolute atomic E-state index is 13.3. The van der Waals surface area contributed by atoms with E-state index in [0.29, 0.717) is 38.2 Å². The summed E-state index contributed by atoms with van der Waals surface area (Å²) >= 11 is 0. The van der Waals surface area contributed by atoms with Gasteiger partial charge in [0.2, 0.25) is 5.91 Å². The number of hydrogen-bond donors (Lipinski definition) is 0. The Morgan fingerprint density at radius 3 is 2.59 bits per heavy atom. The van der Waals surface area contributed by atoms with Crippen molar-refractivity contribution in [3.05, 3.63) is 64.8 Å². The van der Waals surface area contributed by atoms with Crippen LogP contribution in [0.2, 0.25) is 0 Å². The van der Waals surface area contributed by atoms with Crippen LogP contribution in [0.25, 0.3) is 10.9 Å². The third kappa shape index (κ3) is 4.70. The predicted octanol–water partition coefficient (Wildman–Crippen LogP) is 3.48. The average Bonchev–Trinajstić information content (AvgIpc) is 3.27. The number of hydrogen-bond acceptors (Lipinski definition) is 6. The molecule has 4 heterocycles. The van der Waals surface area contributed by atoms with Gasteiger partial charge in [0.1, 0.15) is 12.4 Å². The number of fused-ring (bicyclic) bond motifs is 6. The van der Waals surface area contributed by atoms with Gasteiger partial charge in [-0.15, -0.1) is 0 Å². The van der Waals surface area contributed by atoms with E-state index in [2.05, 4.69) is 15.5 Å². The highest BCUT2D eigenvalue weighted by Gasteiger charge is 2.44. The molecule has 3 amide bonds. The molecule has 0 N–H and O–H groups in total. The van der Waals surface area contributed by atoms with E-state index in [9.17, 15) is 14.4 Å². The van der Waals surface area contributed by atoms with Crippen molar-refractivity contribution in [1.29, 1.82) is 0 Å². The first-order valence-electron chi connectivity index (χ1n) is 13.7. The fourth-order valence-electron chi connectivity index (χ4n) is 5.99. The number of morpholine rings is 1. The van der Waals surface area contributed by atoms with Gasteiger partial charge in [-0.2, -0.15) is 0 Å². The van der Waals surface area contributed by atoms with Gasteiger partial charge in [-0.1, -0.05) is 31.2 Å². The largest absolute Gasteiger partial charge is 0.492 e. The lowest BCUT2D eigenvalue weighted by Gasteiger charge is -2.41. The zero-order chi connectivity index (χ0) is 27.1. The van der Waals surface area contributed by atoms with Crippen molar-refractivity contribution in [3.8, 4) is 5.75 Å². The molecule has 1 atom stereocenters. The van der Waals surface area contributed by atoms with Gasteiger partial charge in [0, 0.05) is 68.4 Å². The Labute approximate surface area is 227 Å². The number of Topliss-reactive ketones (excluding diaryl/α,β-unsaturated/α-hetero) is 1. The Hall–Kier alpha value is -3.69. The number of ketones is 1. The van der Waals surface area contributed by atoms with Crippen LogP contribution in [0.1, 0.15) is 46.4 Å². The van der Waals surface area contributed by atoms with Crippen molar-refractivity contribution in [2.45, 2.75) is 32.4 Å². The third-order valence-electron chi connectivity index (χ3n) is 8.18. The molecule has 9 heteroatoms. The summed E-state index contributed by atoms with van der Waals surface area (Å²) in [6.07, 6.45) is 0.472. The molecule has 9 nitrogen and oxygen atoms in total. The van der Waals surface area contributed by atoms with Gasteiger partial charge in [0.25, 0.3) is 0 Å². The molecular weight excluding hydrogens is 496 g/mol. The van der Waals surface area contributed by atoms with E-state index >= 15 is 0 Å². The molecule has 2 aromatic carbocycles. The Morgan fingerprint density at radius 1 is 1.08 bits per heavy atom. The second-order valence-electron chi connectivity index (χ2n) is 10.5. The van der Waals surface area contributed by atoms with Crippen LogP contribution in [-0.4, -0.2) is 90.0 Å². The predicted molar refractivity (Wildman–Crippen MR) is 146 cm³/mol. The summed E-state index contributed by atoms with van der Waals surface area (Å²) in [5.74, 6) is 0.312. The standard InChI is InChI=1S/C30H34N4O5/c1-3-27(35)21-6-4-20(5-7-21)17-34-25-9-8-22(39-15-12-32-10-13-38-14-11-32)16-23(25)28-24-18-33(19-26(28)34)30(37)31(2)29(24)36/h4-9,16,24H,3,10-15,17-19H2,1-2H3. The number of likely N-dealkylation sites (N-methyl/N-ethyl adjacent to an activating group) is 1. The monoisotopic (exact) mass is 530 g/mol. The highest BCUT2D eigenvalue weighted by molar-refractivity contribution is 6.04. The van der Waals surface area contributed by atoms with Gasteiger partial charge in [0.15, 0.2) is 5.78 Å². The second kappa shape index (κ2) is 10.5. The van der Waals surface area contributed by atoms with E-state index in [0.717, 1.165) is 66.3 Å². The minimum atomic E-state index is -0.409. The Bertz CT molecular complexity index is 1420. The summed E-state index contributed by atoms with van der Waals surface area (Å²) in [5.41, 5.74) is 4.73. The zero-order valence-corrected chi connectivity index (χ0v) is 22.5. The van der Waals surface area contributed by atoms with E-state index in [4.69, 9.17) is 9.47 Å². The summed E-state index contributed by atoms with van der Waals surface area (Å²) < 4.78 is 13.8. The number of amides is 3. The molecule has 204 valence electrons. The molecule has 3 aliphatic rings. The molecule has 3 aliphatic heterocycles. The van der Waals surface area contributed by atoms with Gasteiger partial charge in [0.05, 0.1) is 25.7 Å². The lowest BCUT2D eigenvalue weighted by atomic mass is 9.89. The number of nitrogens with zero attached hydrogens (tertiary/aromatic N) is 4. The molecule has 0 saturated carbocycles. The van der Waals surface area contributed by atoms with Crippen molar-refractivity contribution in [3.63, 3.8) is 0 Å². The molecule has 2 fully saturated rings. The van der Waals surface area contributed by atoms with Gasteiger partial charge in [-0.3, -0.25) is 19.4 Å². The maximum atomic E-state index is 13.3. The molecule has 3 aromatic rings. The van der Waals surface area contributed by atoms with Crippen molar-refractivity contribution in [1.82, 2.24) is 19.3 Å². The molecule has 6 rings (SSSR count). The van der Waals surface area contributed by atoms with E-state index in [1.165, 1.54) is 4.90 Å². The van der Waals surface area contributed by atoms with Crippen LogP contribution in [0.5, 0.6) is 5.75 Å². The minimum absolute atomic E-state index is 0.119. The molecule has 1 aromatic heterocycles. The first-order valence-corrected chi connectivity index (χ1v) is 13.7. The Kier molecular flexibility index (Phi) is 6.86. The highest BCUT2D eigenvalue weighted by atomic mass is 16.5. The third-order valence-corrected chi connectivity index (χ3v) is 8.18. The molecule has 2 saturated heterocycles. The first-order chi connectivity index (χ1) is 18.9. The summed E-state index contributed by atoms with van der Waals surface area (Å²) in [4.78, 5) is 43.5. The lowest BCUT2D eigenvalue weighted by Crippen LogP contribution is -2.56. The molecule has 0 radical (unpaired) electrons. The topological polar surface area (TPSA) is 84.3 Å². The van der Waals surface area contributed by atoms with E-state index < -0.39 is 5.92 Å². The van der Waals surface area contributed by atoms with Gasteiger partial charge < -0.3 is 18.9 Å². The molecule has 1 unspecified atom stereocenters. The number of benzene rings is 2. The summed E-state index contributed by atoms with van der Waals surface area (Å²) in [5, 5.41) is 0.993. The Morgan fingerprint density at radius 2 is 1.85 bits per heavy atom. The smallest absolute Gasteiger partial charge is 0.326 e. The van der Waals surface area contributed by atoms with Crippen molar-refractivity contribution in [2.24, 2.45) is 0 Å². The summed E-state index contributed by atoms with van der Waals surface area (Å²) in [7, 11) is 1.56. The minimum Gasteiger partial charge on any atom is -0.492 e. The first kappa shape index (κ1) is 25.6. The number of carbonyl (C=O) groups is 3. The van der Waals surface area contributed by atoms with Crippen LogP contribution >= 0.6 is 0 Å². The normalized spacial score (nSPS) is 19.5. The van der Waals surface area contributed by atoms with Crippen LogP contribution in [0.3, 0.4) is 0 Å². The van der Waals surface area contributed by atoms with Gasteiger partial charge >= 0.3 is 6.03 Å². The fraction of sp³-hybridized carbons (Fsp3) is 0.433. The van der Waals surface area contributed by atoms with E-state index in [1.807, 2.05) is 43.3 Å². The summed E-state index contributed by atoms with van der Waals surface area (Å²) in [6, 6.07) is 13.6. The zero-order valence-electron chi connectivity index (χ0n) is 22.5. The maximum Gasteiger partial charge on any atom is 0.326 e. The second-order valence-corrected chi connectivity index (χ2v) is 10.5. The van der Waals surface area contributed by atoms with Crippen LogP contribution < -0.4 is 4.74 Å². The van der Waals surface area contributed by atoms with Gasteiger partial charge in [-0.05, 0) is 29.3 Å². The van der Waals surface area contributed by atoms with Crippen LogP contribution in [-0.2, 0) is 22.6 Å². The number of imide groups is 1. The number of carbonyl (C=O) groups excluding carboxylic acids is 3. The number of aromatic nitrogens is 1. The fourth-order valence-corrected chi connectivity index (χ4v) is 5.99. The van der Waals surface area contributed by atoms with E-state index in [-0.39, 0.29) is 17.7 Å².